The maximum absolute atomic E-state index is 14.2. The number of carbonyl (C=O) groups excluding carboxylic acids is 1. The highest BCUT2D eigenvalue weighted by atomic mass is 32.1. The van der Waals surface area contributed by atoms with Crippen molar-refractivity contribution < 1.29 is 18.7 Å². The topological polar surface area (TPSA) is 82.5 Å². The molecule has 0 unspecified atom stereocenters. The molecule has 4 aromatic rings. The molecule has 2 aromatic carbocycles. The van der Waals surface area contributed by atoms with E-state index in [1.807, 2.05) is 0 Å². The Bertz CT molecular complexity index is 1360. The largest absolute Gasteiger partial charge is 0.454 e. The molecular formula is C20H14FN3O4S. The third kappa shape index (κ3) is 2.90. The van der Waals surface area contributed by atoms with E-state index in [0.717, 1.165) is 0 Å². The van der Waals surface area contributed by atoms with Crippen LogP contribution in [-0.4, -0.2) is 22.3 Å². The Labute approximate surface area is 167 Å². The lowest BCUT2D eigenvalue weighted by atomic mass is 10.2. The summed E-state index contributed by atoms with van der Waals surface area (Å²) in [6.45, 7) is 1.56. The Balaban J connectivity index is 1.48. The third-order valence-electron chi connectivity index (χ3n) is 4.70. The van der Waals surface area contributed by atoms with Crippen LogP contribution in [0.3, 0.4) is 0 Å². The molecule has 7 nitrogen and oxygen atoms in total. The number of fused-ring (bicyclic) bond motifs is 4. The number of rotatable bonds is 3. The van der Waals surface area contributed by atoms with Crippen LogP contribution in [-0.2, 0) is 11.3 Å². The van der Waals surface area contributed by atoms with Crippen LogP contribution < -0.4 is 20.3 Å². The molecule has 1 N–H and O–H groups in total. The molecule has 0 radical (unpaired) electrons. The number of carbonyl (C=O) groups is 1. The van der Waals surface area contributed by atoms with E-state index in [-0.39, 0.29) is 24.8 Å². The zero-order chi connectivity index (χ0) is 20.1. The fraction of sp³-hybridized carbons (Fsp3) is 0.150. The van der Waals surface area contributed by atoms with Crippen molar-refractivity contribution in [1.82, 2.24) is 9.55 Å². The number of nitrogens with one attached hydrogen (secondary N) is 1. The molecule has 9 heteroatoms. The average molecular weight is 411 g/mol. The number of nitrogens with zero attached hydrogens (tertiary/aromatic N) is 2. The van der Waals surface area contributed by atoms with Crippen molar-refractivity contribution in [1.29, 1.82) is 0 Å². The van der Waals surface area contributed by atoms with E-state index in [9.17, 15) is 14.0 Å². The van der Waals surface area contributed by atoms with Gasteiger partial charge in [-0.25, -0.2) is 9.37 Å². The summed E-state index contributed by atoms with van der Waals surface area (Å²) in [4.78, 5) is 29.9. The first-order valence-electron chi connectivity index (χ1n) is 8.79. The minimum Gasteiger partial charge on any atom is -0.454 e. The lowest BCUT2D eigenvalue weighted by molar-refractivity contribution is -0.116. The van der Waals surface area contributed by atoms with Crippen molar-refractivity contribution in [3.8, 4) is 11.5 Å². The van der Waals surface area contributed by atoms with Crippen molar-refractivity contribution >= 4 is 43.2 Å². The van der Waals surface area contributed by atoms with E-state index in [1.165, 1.54) is 22.0 Å². The zero-order valence-corrected chi connectivity index (χ0v) is 16.0. The molecule has 0 saturated heterocycles. The number of hydrogen-bond donors (Lipinski definition) is 1. The van der Waals surface area contributed by atoms with Gasteiger partial charge in [0.1, 0.15) is 22.9 Å². The molecule has 0 atom stereocenters. The van der Waals surface area contributed by atoms with Crippen LogP contribution in [0.1, 0.15) is 5.82 Å². The highest BCUT2D eigenvalue weighted by Crippen LogP contribution is 2.34. The van der Waals surface area contributed by atoms with Gasteiger partial charge in [-0.3, -0.25) is 14.2 Å². The summed E-state index contributed by atoms with van der Waals surface area (Å²) in [6, 6.07) is 9.74. The normalized spacial score (nSPS) is 12.6. The Morgan fingerprint density at radius 3 is 2.97 bits per heavy atom. The molecule has 0 fully saturated rings. The van der Waals surface area contributed by atoms with Gasteiger partial charge in [0.05, 0.1) is 10.9 Å². The van der Waals surface area contributed by atoms with Crippen molar-refractivity contribution in [3.05, 3.63) is 58.4 Å². The summed E-state index contributed by atoms with van der Waals surface area (Å²) in [5.41, 5.74) is 0.495. The number of halogens is 1. The third-order valence-corrected chi connectivity index (χ3v) is 5.83. The number of anilines is 1. The van der Waals surface area contributed by atoms with Gasteiger partial charge in [-0.1, -0.05) is 6.07 Å². The van der Waals surface area contributed by atoms with E-state index >= 15 is 0 Å². The lowest BCUT2D eigenvalue weighted by Crippen LogP contribution is -2.29. The Morgan fingerprint density at radius 1 is 1.28 bits per heavy atom. The highest BCUT2D eigenvalue weighted by Gasteiger charge is 2.19. The van der Waals surface area contributed by atoms with Crippen LogP contribution in [0.25, 0.3) is 20.3 Å². The van der Waals surface area contributed by atoms with Gasteiger partial charge in [-0.2, -0.15) is 0 Å². The molecule has 3 heterocycles. The van der Waals surface area contributed by atoms with E-state index in [4.69, 9.17) is 9.47 Å². The van der Waals surface area contributed by atoms with Crippen LogP contribution in [0.15, 0.2) is 41.2 Å². The zero-order valence-electron chi connectivity index (χ0n) is 15.2. The molecular weight excluding hydrogens is 397 g/mol. The molecule has 1 amide bonds. The van der Waals surface area contributed by atoms with E-state index in [0.29, 0.717) is 43.3 Å². The summed E-state index contributed by atoms with van der Waals surface area (Å²) >= 11 is 1.17. The quantitative estimate of drug-likeness (QED) is 0.559. The maximum atomic E-state index is 14.2. The molecule has 0 aliphatic carbocycles. The van der Waals surface area contributed by atoms with Gasteiger partial charge < -0.3 is 14.8 Å². The first-order valence-corrected chi connectivity index (χ1v) is 9.60. The minimum atomic E-state index is -0.418. The standard InChI is InChI=1S/C20H14FN3O4S/c1-10-22-18-17-12(21)3-2-4-15(17)29-19(18)20(26)24(10)8-16(25)23-11-5-6-13-14(7-11)28-9-27-13/h2-7H,8-9H2,1H3,(H,23,25). The number of aromatic nitrogens is 2. The van der Waals surface area contributed by atoms with Gasteiger partial charge in [-0.05, 0) is 31.2 Å². The SMILES string of the molecule is Cc1nc2c(sc3cccc(F)c32)c(=O)n1CC(=O)Nc1ccc2c(c1)OCO2. The first kappa shape index (κ1) is 17.6. The van der Waals surface area contributed by atoms with Gasteiger partial charge in [0.25, 0.3) is 5.56 Å². The van der Waals surface area contributed by atoms with Crippen LogP contribution in [0.4, 0.5) is 10.1 Å². The minimum absolute atomic E-state index is 0.142. The van der Waals surface area contributed by atoms with Crippen molar-refractivity contribution in [2.24, 2.45) is 0 Å². The molecule has 1 aliphatic heterocycles. The second-order valence-electron chi connectivity index (χ2n) is 6.56. The Hall–Kier alpha value is -3.46. The monoisotopic (exact) mass is 411 g/mol. The van der Waals surface area contributed by atoms with Crippen LogP contribution >= 0.6 is 11.3 Å². The summed E-state index contributed by atoms with van der Waals surface area (Å²) in [6.07, 6.45) is 0. The van der Waals surface area contributed by atoms with Crippen molar-refractivity contribution in [2.75, 3.05) is 12.1 Å². The second kappa shape index (κ2) is 6.56. The van der Waals surface area contributed by atoms with Crippen LogP contribution in [0.2, 0.25) is 0 Å². The van der Waals surface area contributed by atoms with Crippen molar-refractivity contribution in [3.63, 3.8) is 0 Å². The molecule has 1 aliphatic rings. The van der Waals surface area contributed by atoms with Gasteiger partial charge in [0, 0.05) is 16.5 Å². The fourth-order valence-corrected chi connectivity index (χ4v) is 4.44. The van der Waals surface area contributed by atoms with E-state index in [1.54, 1.807) is 37.3 Å². The predicted molar refractivity (Wildman–Crippen MR) is 107 cm³/mol. The molecule has 146 valence electrons. The van der Waals surface area contributed by atoms with E-state index in [2.05, 4.69) is 10.3 Å². The number of ether oxygens (including phenoxy) is 2. The predicted octanol–water partition coefficient (Wildman–Crippen LogP) is 3.43. The number of benzene rings is 2. The Morgan fingerprint density at radius 2 is 2.10 bits per heavy atom. The summed E-state index contributed by atoms with van der Waals surface area (Å²) in [5, 5.41) is 3.08. The Kier molecular flexibility index (Phi) is 3.99. The average Bonchev–Trinajstić information content (AvgIpc) is 3.30. The molecule has 2 aromatic heterocycles. The summed E-state index contributed by atoms with van der Waals surface area (Å²) in [7, 11) is 0. The number of thiophene rings is 1. The van der Waals surface area contributed by atoms with Crippen molar-refractivity contribution in [2.45, 2.75) is 13.5 Å². The molecule has 0 spiro atoms. The first-order chi connectivity index (χ1) is 14.0. The lowest BCUT2D eigenvalue weighted by Gasteiger charge is -2.10. The summed E-state index contributed by atoms with van der Waals surface area (Å²) in [5.74, 6) is 0.695. The van der Waals surface area contributed by atoms with E-state index < -0.39 is 5.82 Å². The van der Waals surface area contributed by atoms with Gasteiger partial charge >= 0.3 is 0 Å². The fourth-order valence-electron chi connectivity index (χ4n) is 3.34. The molecule has 5 rings (SSSR count). The van der Waals surface area contributed by atoms with Gasteiger partial charge in [0.15, 0.2) is 11.5 Å². The van der Waals surface area contributed by atoms with Crippen LogP contribution in [0, 0.1) is 12.7 Å². The smallest absolute Gasteiger partial charge is 0.272 e. The molecule has 0 bridgehead atoms. The number of aryl methyl sites for hydroxylation is 1. The molecule has 29 heavy (non-hydrogen) atoms. The van der Waals surface area contributed by atoms with Gasteiger partial charge in [-0.15, -0.1) is 11.3 Å². The molecule has 0 saturated carbocycles. The van der Waals surface area contributed by atoms with Crippen LogP contribution in [0.5, 0.6) is 11.5 Å². The highest BCUT2D eigenvalue weighted by molar-refractivity contribution is 7.25. The number of hydrogen-bond acceptors (Lipinski definition) is 6. The second-order valence-corrected chi connectivity index (χ2v) is 7.61. The summed E-state index contributed by atoms with van der Waals surface area (Å²) < 4.78 is 27.0. The van der Waals surface area contributed by atoms with Gasteiger partial charge in [0.2, 0.25) is 12.7 Å². The number of amides is 1. The maximum Gasteiger partial charge on any atom is 0.272 e.